The van der Waals surface area contributed by atoms with E-state index in [0.29, 0.717) is 0 Å². The van der Waals surface area contributed by atoms with Crippen LogP contribution in [0.4, 0.5) is 0 Å². The molecule has 0 fully saturated rings. The van der Waals surface area contributed by atoms with Crippen LogP contribution in [0.3, 0.4) is 0 Å². The highest BCUT2D eigenvalue weighted by Gasteiger charge is 2.08. The molecule has 0 saturated carbocycles. The van der Waals surface area contributed by atoms with E-state index in [-0.39, 0.29) is 0 Å². The van der Waals surface area contributed by atoms with Gasteiger partial charge in [-0.3, -0.25) is 0 Å². The number of rotatable bonds is 2. The van der Waals surface area contributed by atoms with E-state index in [1.807, 2.05) is 25.1 Å². The van der Waals surface area contributed by atoms with Crippen LogP contribution in [0, 0.1) is 32.1 Å². The molecule has 2 heteroatoms. The molecular weight excluding hydrogens is 238 g/mol. The summed E-state index contributed by atoms with van der Waals surface area (Å²) in [6.45, 7) is 6.25. The lowest BCUT2D eigenvalue weighted by Gasteiger charge is -2.10. The van der Waals surface area contributed by atoms with Crippen molar-refractivity contribution in [3.05, 3.63) is 58.7 Å². The van der Waals surface area contributed by atoms with E-state index in [2.05, 4.69) is 38.1 Å². The van der Waals surface area contributed by atoms with Crippen molar-refractivity contribution in [1.29, 1.82) is 5.26 Å². The molecule has 2 rings (SSSR count). The minimum atomic E-state index is 0.750. The summed E-state index contributed by atoms with van der Waals surface area (Å²) < 4.78 is 0. The number of aryl methyl sites for hydroxylation is 3. The molecule has 2 aromatic carbocycles. The van der Waals surface area contributed by atoms with Gasteiger partial charge in [-0.2, -0.15) is 5.26 Å². The molecule has 0 N–H and O–H groups in total. The van der Waals surface area contributed by atoms with Crippen molar-refractivity contribution in [1.82, 2.24) is 0 Å². The molecule has 0 unspecified atom stereocenters. The van der Waals surface area contributed by atoms with Crippen molar-refractivity contribution in [2.45, 2.75) is 30.6 Å². The predicted octanol–water partition coefficient (Wildman–Crippen LogP) is 4.63. The predicted molar refractivity (Wildman–Crippen MR) is 75.9 cm³/mol. The number of hydrogen-bond donors (Lipinski definition) is 0. The van der Waals surface area contributed by atoms with Crippen LogP contribution in [-0.4, -0.2) is 0 Å². The van der Waals surface area contributed by atoms with E-state index in [0.717, 1.165) is 16.0 Å². The third-order valence-electron chi connectivity index (χ3n) is 2.87. The van der Waals surface area contributed by atoms with Crippen LogP contribution >= 0.6 is 11.8 Å². The lowest BCUT2D eigenvalue weighted by atomic mass is 10.1. The molecule has 0 heterocycles. The number of hydrogen-bond acceptors (Lipinski definition) is 2. The van der Waals surface area contributed by atoms with Crippen LogP contribution < -0.4 is 0 Å². The zero-order valence-electron chi connectivity index (χ0n) is 10.8. The molecule has 90 valence electrons. The molecule has 0 radical (unpaired) electrons. The van der Waals surface area contributed by atoms with E-state index in [1.54, 1.807) is 11.8 Å². The van der Waals surface area contributed by atoms with Gasteiger partial charge in [0.15, 0.2) is 0 Å². The van der Waals surface area contributed by atoms with E-state index in [4.69, 9.17) is 0 Å². The second kappa shape index (κ2) is 5.29. The van der Waals surface area contributed by atoms with Gasteiger partial charge in [0, 0.05) is 9.79 Å². The van der Waals surface area contributed by atoms with Gasteiger partial charge >= 0.3 is 0 Å². The van der Waals surface area contributed by atoms with Crippen molar-refractivity contribution < 1.29 is 0 Å². The molecule has 0 aliphatic rings. The minimum Gasteiger partial charge on any atom is -0.192 e. The summed E-state index contributed by atoms with van der Waals surface area (Å²) >= 11 is 1.68. The maximum atomic E-state index is 9.17. The van der Waals surface area contributed by atoms with Gasteiger partial charge in [-0.05, 0) is 44.0 Å². The first-order valence-corrected chi connectivity index (χ1v) is 6.68. The van der Waals surface area contributed by atoms with Crippen molar-refractivity contribution in [3.63, 3.8) is 0 Å². The van der Waals surface area contributed by atoms with Crippen LogP contribution in [0.15, 0.2) is 46.2 Å². The molecule has 0 bridgehead atoms. The molecular formula is C16H15NS. The Balaban J connectivity index is 2.43. The molecule has 0 aromatic heterocycles. The molecule has 0 spiro atoms. The smallest absolute Gasteiger partial charge is 0.100 e. The fourth-order valence-electron chi connectivity index (χ4n) is 1.90. The fraction of sp³-hybridized carbons (Fsp3) is 0.188. The lowest BCUT2D eigenvalue weighted by Crippen LogP contribution is -1.88. The second-order valence-electron chi connectivity index (χ2n) is 4.43. The van der Waals surface area contributed by atoms with Crippen molar-refractivity contribution in [2.75, 3.05) is 0 Å². The van der Waals surface area contributed by atoms with E-state index in [9.17, 15) is 5.26 Å². The van der Waals surface area contributed by atoms with Crippen molar-refractivity contribution in [3.8, 4) is 6.07 Å². The standard InChI is InChI=1S/C16H15NS/c1-11-7-8-15(13(3)9-11)18-16-12(2)5-4-6-14(16)10-17/h4-9H,1-3H3. The Labute approximate surface area is 112 Å². The average Bonchev–Trinajstić information content (AvgIpc) is 2.34. The highest BCUT2D eigenvalue weighted by Crippen LogP contribution is 2.34. The van der Waals surface area contributed by atoms with E-state index < -0.39 is 0 Å². The Morgan fingerprint density at radius 3 is 2.44 bits per heavy atom. The number of benzene rings is 2. The maximum absolute atomic E-state index is 9.17. The highest BCUT2D eigenvalue weighted by atomic mass is 32.2. The first-order valence-electron chi connectivity index (χ1n) is 5.86. The maximum Gasteiger partial charge on any atom is 0.100 e. The molecule has 0 amide bonds. The second-order valence-corrected chi connectivity index (χ2v) is 5.49. The van der Waals surface area contributed by atoms with Crippen LogP contribution in [0.25, 0.3) is 0 Å². The van der Waals surface area contributed by atoms with Crippen molar-refractivity contribution >= 4 is 11.8 Å². The quantitative estimate of drug-likeness (QED) is 0.778. The minimum absolute atomic E-state index is 0.750. The summed E-state index contributed by atoms with van der Waals surface area (Å²) in [7, 11) is 0. The van der Waals surface area contributed by atoms with Gasteiger partial charge in [-0.15, -0.1) is 0 Å². The van der Waals surface area contributed by atoms with Gasteiger partial charge in [-0.25, -0.2) is 0 Å². The van der Waals surface area contributed by atoms with Gasteiger partial charge in [0.25, 0.3) is 0 Å². The normalized spacial score (nSPS) is 10.1. The van der Waals surface area contributed by atoms with Gasteiger partial charge in [0.05, 0.1) is 5.56 Å². The molecule has 1 nitrogen and oxygen atoms in total. The molecule has 0 atom stereocenters. The van der Waals surface area contributed by atoms with Crippen LogP contribution in [0.2, 0.25) is 0 Å². The van der Waals surface area contributed by atoms with E-state index >= 15 is 0 Å². The van der Waals surface area contributed by atoms with Gasteiger partial charge in [0.1, 0.15) is 6.07 Å². The molecule has 0 saturated heterocycles. The van der Waals surface area contributed by atoms with Crippen LogP contribution in [0.1, 0.15) is 22.3 Å². The lowest BCUT2D eigenvalue weighted by molar-refractivity contribution is 1.23. The monoisotopic (exact) mass is 253 g/mol. The Kier molecular flexibility index (Phi) is 3.74. The third-order valence-corrected chi connectivity index (χ3v) is 4.30. The molecule has 2 aromatic rings. The number of nitrogens with zero attached hydrogens (tertiary/aromatic N) is 1. The van der Waals surface area contributed by atoms with Crippen molar-refractivity contribution in [2.24, 2.45) is 0 Å². The number of nitriles is 1. The summed E-state index contributed by atoms with van der Waals surface area (Å²) in [5.41, 5.74) is 4.42. The van der Waals surface area contributed by atoms with Gasteiger partial charge in [0.2, 0.25) is 0 Å². The SMILES string of the molecule is Cc1ccc(Sc2c(C)cccc2C#N)c(C)c1. The molecule has 18 heavy (non-hydrogen) atoms. The summed E-state index contributed by atoms with van der Waals surface area (Å²) in [5.74, 6) is 0. The summed E-state index contributed by atoms with van der Waals surface area (Å²) in [5, 5.41) is 9.17. The average molecular weight is 253 g/mol. The Morgan fingerprint density at radius 2 is 1.78 bits per heavy atom. The molecule has 0 aliphatic carbocycles. The fourth-order valence-corrected chi connectivity index (χ4v) is 2.93. The Hall–Kier alpha value is -1.72. The third kappa shape index (κ3) is 2.57. The molecule has 0 aliphatic heterocycles. The Morgan fingerprint density at radius 1 is 1.00 bits per heavy atom. The summed E-state index contributed by atoms with van der Waals surface area (Å²) in [4.78, 5) is 2.28. The first-order chi connectivity index (χ1) is 8.61. The van der Waals surface area contributed by atoms with Gasteiger partial charge < -0.3 is 0 Å². The zero-order chi connectivity index (χ0) is 13.1. The summed E-state index contributed by atoms with van der Waals surface area (Å²) in [6.07, 6.45) is 0. The first kappa shape index (κ1) is 12.7. The Bertz CT molecular complexity index is 623. The van der Waals surface area contributed by atoms with E-state index in [1.165, 1.54) is 16.0 Å². The summed E-state index contributed by atoms with van der Waals surface area (Å²) in [6, 6.07) is 14.5. The largest absolute Gasteiger partial charge is 0.192 e. The van der Waals surface area contributed by atoms with Crippen LogP contribution in [0.5, 0.6) is 0 Å². The van der Waals surface area contributed by atoms with Gasteiger partial charge in [-0.1, -0.05) is 41.6 Å². The van der Waals surface area contributed by atoms with Crippen LogP contribution in [-0.2, 0) is 0 Å². The topological polar surface area (TPSA) is 23.8 Å². The highest BCUT2D eigenvalue weighted by molar-refractivity contribution is 7.99. The zero-order valence-corrected chi connectivity index (χ0v) is 11.6.